The molecule has 228 valence electrons. The van der Waals surface area contributed by atoms with Crippen LogP contribution in [0.5, 0.6) is 17.2 Å². The van der Waals surface area contributed by atoms with Gasteiger partial charge in [-0.3, -0.25) is 4.79 Å². The molecule has 0 unspecified atom stereocenters. The highest BCUT2D eigenvalue weighted by molar-refractivity contribution is 7.89. The van der Waals surface area contributed by atoms with Crippen LogP contribution < -0.4 is 9.47 Å². The lowest BCUT2D eigenvalue weighted by atomic mass is 9.81. The third kappa shape index (κ3) is 5.41. The predicted molar refractivity (Wildman–Crippen MR) is 159 cm³/mol. The van der Waals surface area contributed by atoms with Gasteiger partial charge in [0.25, 0.3) is 0 Å². The van der Waals surface area contributed by atoms with Crippen LogP contribution in [0.2, 0.25) is 0 Å². The van der Waals surface area contributed by atoms with E-state index in [1.165, 1.54) is 28.9 Å². The van der Waals surface area contributed by atoms with Crippen molar-refractivity contribution in [3.05, 3.63) is 101 Å². The number of nitrogens with one attached hydrogen (secondary N) is 1. The second kappa shape index (κ2) is 11.1. The van der Waals surface area contributed by atoms with E-state index in [0.717, 1.165) is 11.8 Å². The van der Waals surface area contributed by atoms with Gasteiger partial charge in [-0.15, -0.1) is 0 Å². The van der Waals surface area contributed by atoms with E-state index in [0.29, 0.717) is 27.9 Å². The van der Waals surface area contributed by atoms with Gasteiger partial charge in [0.15, 0.2) is 21.4 Å². The number of nitrogens with zero attached hydrogens (tertiary/aromatic N) is 2. The molecule has 5 aromatic rings. The zero-order chi connectivity index (χ0) is 31.2. The Balaban J connectivity index is 1.33. The van der Waals surface area contributed by atoms with Crippen molar-refractivity contribution in [3.8, 4) is 22.9 Å². The Hall–Kier alpha value is -4.71. The van der Waals surface area contributed by atoms with Crippen LogP contribution in [0, 0.1) is 11.6 Å². The maximum atomic E-state index is 15.2. The number of benzene rings is 3. The minimum Gasteiger partial charge on any atom is -0.492 e. The average molecular weight is 622 g/mol. The monoisotopic (exact) mass is 621 g/mol. The second-order valence-corrected chi connectivity index (χ2v) is 13.1. The fourth-order valence-electron chi connectivity index (χ4n) is 5.54. The molecule has 2 aromatic heterocycles. The molecule has 0 saturated carbocycles. The van der Waals surface area contributed by atoms with E-state index in [9.17, 15) is 13.2 Å². The first-order chi connectivity index (χ1) is 21.0. The summed E-state index contributed by atoms with van der Waals surface area (Å²) in [7, 11) is -3.55. The molecule has 3 heterocycles. The number of aromatic nitrogens is 3. The molecule has 12 heteroatoms. The Morgan fingerprint density at radius 2 is 1.95 bits per heavy atom. The standard InChI is InChI=1S/C32H29F2N3O6S/c1-4-41-29(38)14-19-6-5-7-23-30(19)42-18-32(23,2)28-11-13-37(36-28)27-15-20(8-9-24(27)33)43-31-22(17-44(3,39)40)21-10-12-35-26(21)16-25(31)34/h5-13,15-16,35H,4,14,17-18H2,1-3H3/t32-/m0/s1. The normalized spacial score (nSPS) is 16.1. The topological polar surface area (TPSA) is 113 Å². The van der Waals surface area contributed by atoms with E-state index < -0.39 is 32.6 Å². The lowest BCUT2D eigenvalue weighted by Gasteiger charge is -2.20. The third-order valence-corrected chi connectivity index (χ3v) is 8.46. The third-order valence-electron chi connectivity index (χ3n) is 7.65. The molecule has 6 rings (SSSR count). The van der Waals surface area contributed by atoms with Crippen molar-refractivity contribution in [2.24, 2.45) is 0 Å². The highest BCUT2D eigenvalue weighted by Crippen LogP contribution is 2.45. The molecular formula is C32H29F2N3O6S. The first-order valence-electron chi connectivity index (χ1n) is 13.9. The van der Waals surface area contributed by atoms with Crippen LogP contribution in [0.25, 0.3) is 16.6 Å². The van der Waals surface area contributed by atoms with Gasteiger partial charge >= 0.3 is 5.97 Å². The molecule has 0 amide bonds. The van der Waals surface area contributed by atoms with Crippen LogP contribution in [0.3, 0.4) is 0 Å². The van der Waals surface area contributed by atoms with Crippen LogP contribution in [-0.2, 0) is 37.0 Å². The van der Waals surface area contributed by atoms with Gasteiger partial charge in [0.05, 0.1) is 29.9 Å². The number of sulfone groups is 1. The number of rotatable bonds is 9. The van der Waals surface area contributed by atoms with Crippen LogP contribution in [-0.4, -0.2) is 48.6 Å². The molecule has 1 aliphatic heterocycles. The number of carbonyl (C=O) groups is 1. The first-order valence-corrected chi connectivity index (χ1v) is 15.9. The summed E-state index contributed by atoms with van der Waals surface area (Å²) in [5.41, 5.74) is 2.10. The average Bonchev–Trinajstić information content (AvgIpc) is 3.71. The van der Waals surface area contributed by atoms with Gasteiger partial charge in [-0.2, -0.15) is 5.10 Å². The zero-order valence-electron chi connectivity index (χ0n) is 24.2. The van der Waals surface area contributed by atoms with Crippen LogP contribution in [0.1, 0.15) is 36.2 Å². The summed E-state index contributed by atoms with van der Waals surface area (Å²) in [4.78, 5) is 15.0. The second-order valence-electron chi connectivity index (χ2n) is 10.9. The van der Waals surface area contributed by atoms with Gasteiger partial charge in [-0.25, -0.2) is 21.9 Å². The number of carbonyl (C=O) groups excluding carboxylic acids is 1. The molecule has 1 atom stereocenters. The lowest BCUT2D eigenvalue weighted by Crippen LogP contribution is -2.26. The molecule has 1 aliphatic rings. The van der Waals surface area contributed by atoms with E-state index in [2.05, 4.69) is 10.1 Å². The van der Waals surface area contributed by atoms with Crippen molar-refractivity contribution in [1.29, 1.82) is 0 Å². The van der Waals surface area contributed by atoms with E-state index in [4.69, 9.17) is 14.2 Å². The molecule has 3 aromatic carbocycles. The zero-order valence-corrected chi connectivity index (χ0v) is 25.0. The van der Waals surface area contributed by atoms with Crippen molar-refractivity contribution in [2.45, 2.75) is 31.4 Å². The van der Waals surface area contributed by atoms with Crippen LogP contribution >= 0.6 is 0 Å². The van der Waals surface area contributed by atoms with Gasteiger partial charge in [0.2, 0.25) is 0 Å². The number of para-hydroxylation sites is 1. The summed E-state index contributed by atoms with van der Waals surface area (Å²) in [6.07, 6.45) is 4.31. The Kier molecular flexibility index (Phi) is 7.40. The fourth-order valence-corrected chi connectivity index (χ4v) is 6.35. The number of fused-ring (bicyclic) bond motifs is 2. The predicted octanol–water partition coefficient (Wildman–Crippen LogP) is 5.77. The molecule has 0 fully saturated rings. The number of aromatic amines is 1. The summed E-state index contributed by atoms with van der Waals surface area (Å²) in [6, 6.07) is 14.1. The summed E-state index contributed by atoms with van der Waals surface area (Å²) >= 11 is 0. The molecule has 0 aliphatic carbocycles. The molecule has 0 spiro atoms. The molecule has 0 radical (unpaired) electrons. The molecule has 0 saturated heterocycles. The van der Waals surface area contributed by atoms with Gasteiger partial charge in [-0.05, 0) is 38.1 Å². The number of H-pyrrole nitrogens is 1. The minimum absolute atomic E-state index is 0.0420. The summed E-state index contributed by atoms with van der Waals surface area (Å²) in [6.45, 7) is 4.25. The Morgan fingerprint density at radius 1 is 1.14 bits per heavy atom. The Labute approximate surface area is 252 Å². The van der Waals surface area contributed by atoms with Gasteiger partial charge in [0, 0.05) is 58.4 Å². The van der Waals surface area contributed by atoms with E-state index in [1.54, 1.807) is 31.5 Å². The van der Waals surface area contributed by atoms with Gasteiger partial charge in [-0.1, -0.05) is 18.2 Å². The van der Waals surface area contributed by atoms with Crippen molar-refractivity contribution >= 4 is 26.7 Å². The highest BCUT2D eigenvalue weighted by Gasteiger charge is 2.41. The first kappa shape index (κ1) is 29.4. The lowest BCUT2D eigenvalue weighted by molar-refractivity contribution is -0.142. The number of halogens is 2. The largest absolute Gasteiger partial charge is 0.492 e. The number of hydrogen-bond acceptors (Lipinski definition) is 7. The number of ether oxygens (including phenoxy) is 3. The SMILES string of the molecule is CCOC(=O)Cc1cccc2c1OC[C@]2(C)c1ccn(-c2cc(Oc3c(F)cc4[nH]ccc4c3CS(C)(=O)=O)ccc2F)n1. The van der Waals surface area contributed by atoms with Gasteiger partial charge in [0.1, 0.15) is 29.6 Å². The molecular weight excluding hydrogens is 592 g/mol. The number of esters is 1. The van der Waals surface area contributed by atoms with E-state index >= 15 is 8.78 Å². The van der Waals surface area contributed by atoms with E-state index in [1.807, 2.05) is 25.1 Å². The molecule has 9 nitrogen and oxygen atoms in total. The molecule has 44 heavy (non-hydrogen) atoms. The fraction of sp³-hybridized carbons (Fsp3) is 0.250. The molecule has 1 N–H and O–H groups in total. The maximum absolute atomic E-state index is 15.2. The number of hydrogen-bond donors (Lipinski definition) is 1. The van der Waals surface area contributed by atoms with Crippen molar-refractivity contribution < 1.29 is 36.2 Å². The quantitative estimate of drug-likeness (QED) is 0.208. The highest BCUT2D eigenvalue weighted by atomic mass is 32.2. The van der Waals surface area contributed by atoms with Crippen molar-refractivity contribution in [3.63, 3.8) is 0 Å². The Morgan fingerprint density at radius 3 is 2.73 bits per heavy atom. The smallest absolute Gasteiger partial charge is 0.310 e. The van der Waals surface area contributed by atoms with Gasteiger partial charge < -0.3 is 19.2 Å². The summed E-state index contributed by atoms with van der Waals surface area (Å²) in [5, 5.41) is 5.18. The van der Waals surface area contributed by atoms with E-state index in [-0.39, 0.29) is 48.4 Å². The minimum atomic E-state index is -3.55. The summed E-state index contributed by atoms with van der Waals surface area (Å²) in [5.74, 6) is -1.73. The maximum Gasteiger partial charge on any atom is 0.310 e. The molecule has 0 bridgehead atoms. The summed E-state index contributed by atoms with van der Waals surface area (Å²) < 4.78 is 73.2. The van der Waals surface area contributed by atoms with Crippen molar-refractivity contribution in [1.82, 2.24) is 14.8 Å². The van der Waals surface area contributed by atoms with Crippen molar-refractivity contribution in [2.75, 3.05) is 19.5 Å². The Bertz CT molecular complexity index is 2020. The van der Waals surface area contributed by atoms with Crippen LogP contribution in [0.15, 0.2) is 67.0 Å². The van der Waals surface area contributed by atoms with Crippen LogP contribution in [0.4, 0.5) is 8.78 Å².